The highest BCUT2D eigenvalue weighted by Crippen LogP contribution is 2.57. The van der Waals surface area contributed by atoms with Crippen LogP contribution < -0.4 is 4.90 Å². The third-order valence-electron chi connectivity index (χ3n) is 13.5. The Morgan fingerprint density at radius 2 is 0.906 bits per heavy atom. The van der Waals surface area contributed by atoms with Gasteiger partial charge in [-0.2, -0.15) is 0 Å². The van der Waals surface area contributed by atoms with E-state index in [1.807, 2.05) is 6.07 Å². The van der Waals surface area contributed by atoms with Gasteiger partial charge in [0, 0.05) is 33.2 Å². The molecule has 64 heavy (non-hydrogen) atoms. The van der Waals surface area contributed by atoms with Gasteiger partial charge in [0.05, 0.1) is 27.5 Å². The first kappa shape index (κ1) is 36.3. The van der Waals surface area contributed by atoms with Gasteiger partial charge in [0.2, 0.25) is 0 Å². The molecule has 0 aliphatic heterocycles. The molecule has 0 unspecified atom stereocenters. The van der Waals surface area contributed by atoms with Crippen molar-refractivity contribution < 1.29 is 4.42 Å². The van der Waals surface area contributed by atoms with Crippen LogP contribution in [0.5, 0.6) is 0 Å². The van der Waals surface area contributed by atoms with Gasteiger partial charge in [0.25, 0.3) is 0 Å². The first-order valence-electron chi connectivity index (χ1n) is 22.0. The van der Waals surface area contributed by atoms with Crippen LogP contribution in [0.25, 0.3) is 71.7 Å². The lowest BCUT2D eigenvalue weighted by atomic mass is 9.67. The van der Waals surface area contributed by atoms with Crippen LogP contribution in [0.1, 0.15) is 22.3 Å². The molecule has 3 heteroatoms. The molecular weight excluding hydrogens is 777 g/mol. The van der Waals surface area contributed by atoms with Crippen molar-refractivity contribution in [2.75, 3.05) is 4.90 Å². The third-order valence-corrected chi connectivity index (χ3v) is 13.5. The number of furan rings is 1. The zero-order valence-electron chi connectivity index (χ0n) is 34.9. The van der Waals surface area contributed by atoms with Crippen LogP contribution in [-0.4, -0.2) is 4.57 Å². The van der Waals surface area contributed by atoms with Gasteiger partial charge in [0.1, 0.15) is 11.2 Å². The molecule has 1 aliphatic carbocycles. The summed E-state index contributed by atoms with van der Waals surface area (Å²) in [5.41, 5.74) is 17.8. The fraction of sp³-hybridized carbons (Fsp3) is 0.0164. The van der Waals surface area contributed by atoms with Gasteiger partial charge >= 0.3 is 0 Å². The normalized spacial score (nSPS) is 12.8. The Balaban J connectivity index is 0.980. The summed E-state index contributed by atoms with van der Waals surface area (Å²) in [7, 11) is 0. The van der Waals surface area contributed by atoms with Crippen molar-refractivity contribution in [2.45, 2.75) is 5.41 Å². The average molecular weight is 817 g/mol. The predicted octanol–water partition coefficient (Wildman–Crippen LogP) is 16.2. The summed E-state index contributed by atoms with van der Waals surface area (Å²) in [5, 5.41) is 4.71. The Morgan fingerprint density at radius 3 is 1.59 bits per heavy atom. The number of rotatable bonds is 7. The molecule has 0 amide bonds. The Labute approximate surface area is 371 Å². The number of hydrogen-bond acceptors (Lipinski definition) is 2. The van der Waals surface area contributed by atoms with Crippen LogP contribution in [0.4, 0.5) is 17.1 Å². The molecule has 2 heterocycles. The smallest absolute Gasteiger partial charge is 0.137 e. The summed E-state index contributed by atoms with van der Waals surface area (Å²) in [6.45, 7) is 0. The molecule has 0 spiro atoms. The molecule has 1 aliphatic rings. The van der Waals surface area contributed by atoms with Crippen molar-refractivity contribution in [1.29, 1.82) is 0 Å². The van der Waals surface area contributed by atoms with Crippen molar-refractivity contribution in [3.05, 3.63) is 265 Å². The SMILES string of the molecule is c1ccc(C2(c3ccccc3)c3ccccc3-c3ccc(N(c4ccc(-c5ccc(-n6c7ccccc7c7ccccc76)cc5)cc4)c4cccc5oc6ccccc6c45)cc32)cc1. The molecule has 10 aromatic carbocycles. The molecule has 0 saturated heterocycles. The standard InChI is InChI=1S/C61H40N2O/c1-3-16-43(17-4-1)61(44-18-5-2-6-19-44)53-24-11-7-20-48(53)49-39-38-47(40-54(49)61)62(57-27-15-29-59-60(57)52-23-10-14-28-58(52)64-59)45-34-30-41(31-35-45)42-32-36-46(37-33-42)63-55-25-12-8-21-50(55)51-22-9-13-26-56(51)63/h1-40H. The second-order valence-electron chi connectivity index (χ2n) is 16.8. The largest absolute Gasteiger partial charge is 0.456 e. The highest BCUT2D eigenvalue weighted by molar-refractivity contribution is 6.13. The van der Waals surface area contributed by atoms with Crippen molar-refractivity contribution >= 4 is 60.8 Å². The number of nitrogens with zero attached hydrogens (tertiary/aromatic N) is 2. The maximum absolute atomic E-state index is 6.51. The highest BCUT2D eigenvalue weighted by atomic mass is 16.3. The van der Waals surface area contributed by atoms with Crippen LogP contribution in [0.3, 0.4) is 0 Å². The number of benzene rings is 10. The Hall–Kier alpha value is -8.40. The van der Waals surface area contributed by atoms with E-state index in [9.17, 15) is 0 Å². The molecule has 2 aromatic heterocycles. The van der Waals surface area contributed by atoms with Crippen molar-refractivity contribution in [3.8, 4) is 27.9 Å². The Kier molecular flexibility index (Phi) is 8.13. The van der Waals surface area contributed by atoms with E-state index >= 15 is 0 Å². The van der Waals surface area contributed by atoms with Gasteiger partial charge < -0.3 is 13.9 Å². The summed E-state index contributed by atoms with van der Waals surface area (Å²) in [6, 6.07) is 88.2. The summed E-state index contributed by atoms with van der Waals surface area (Å²) in [6.07, 6.45) is 0. The topological polar surface area (TPSA) is 21.3 Å². The quantitative estimate of drug-likeness (QED) is 0.160. The highest BCUT2D eigenvalue weighted by Gasteiger charge is 2.46. The van der Waals surface area contributed by atoms with Gasteiger partial charge in [-0.25, -0.2) is 0 Å². The molecule has 13 rings (SSSR count). The fourth-order valence-electron chi connectivity index (χ4n) is 10.7. The summed E-state index contributed by atoms with van der Waals surface area (Å²) in [4.78, 5) is 2.42. The minimum atomic E-state index is -0.528. The molecule has 0 fully saturated rings. The van der Waals surface area contributed by atoms with Gasteiger partial charge in [-0.15, -0.1) is 0 Å². The molecule has 3 nitrogen and oxygen atoms in total. The van der Waals surface area contributed by atoms with E-state index in [1.165, 1.54) is 55.2 Å². The van der Waals surface area contributed by atoms with Crippen LogP contribution >= 0.6 is 0 Å². The van der Waals surface area contributed by atoms with Crippen LogP contribution in [0.15, 0.2) is 247 Å². The summed E-state index contributed by atoms with van der Waals surface area (Å²) in [5.74, 6) is 0. The van der Waals surface area contributed by atoms with E-state index in [4.69, 9.17) is 4.42 Å². The van der Waals surface area contributed by atoms with Crippen molar-refractivity contribution in [2.24, 2.45) is 0 Å². The average Bonchev–Trinajstić information content (AvgIpc) is 4.02. The minimum absolute atomic E-state index is 0.528. The first-order chi connectivity index (χ1) is 31.8. The van der Waals surface area contributed by atoms with Gasteiger partial charge in [-0.05, 0) is 111 Å². The van der Waals surface area contributed by atoms with E-state index in [1.54, 1.807) is 0 Å². The zero-order valence-corrected chi connectivity index (χ0v) is 34.9. The molecule has 0 bridgehead atoms. The lowest BCUT2D eigenvalue weighted by Crippen LogP contribution is -2.28. The lowest BCUT2D eigenvalue weighted by molar-refractivity contribution is 0.669. The van der Waals surface area contributed by atoms with E-state index in [-0.39, 0.29) is 0 Å². The van der Waals surface area contributed by atoms with Crippen molar-refractivity contribution in [1.82, 2.24) is 4.57 Å². The second-order valence-corrected chi connectivity index (χ2v) is 16.8. The van der Waals surface area contributed by atoms with E-state index < -0.39 is 5.41 Å². The first-order valence-corrected chi connectivity index (χ1v) is 22.0. The second kappa shape index (κ2) is 14.3. The molecule has 0 atom stereocenters. The van der Waals surface area contributed by atoms with E-state index in [0.29, 0.717) is 0 Å². The van der Waals surface area contributed by atoms with Crippen LogP contribution in [-0.2, 0) is 5.41 Å². The number of fused-ring (bicyclic) bond motifs is 9. The molecule has 300 valence electrons. The Bertz CT molecular complexity index is 3620. The van der Waals surface area contributed by atoms with Crippen LogP contribution in [0, 0.1) is 0 Å². The maximum Gasteiger partial charge on any atom is 0.137 e. The maximum atomic E-state index is 6.51. The number of anilines is 3. The molecule has 0 saturated carbocycles. The number of hydrogen-bond donors (Lipinski definition) is 0. The van der Waals surface area contributed by atoms with Gasteiger partial charge in [0.15, 0.2) is 0 Å². The summed E-state index contributed by atoms with van der Waals surface area (Å²) < 4.78 is 8.88. The number of aromatic nitrogens is 1. The zero-order chi connectivity index (χ0) is 42.2. The molecule has 0 N–H and O–H groups in total. The van der Waals surface area contributed by atoms with Crippen LogP contribution in [0.2, 0.25) is 0 Å². The summed E-state index contributed by atoms with van der Waals surface area (Å²) >= 11 is 0. The third kappa shape index (κ3) is 5.34. The van der Waals surface area contributed by atoms with E-state index in [0.717, 1.165) is 55.8 Å². The number of para-hydroxylation sites is 3. The molecule has 0 radical (unpaired) electrons. The lowest BCUT2D eigenvalue weighted by Gasteiger charge is -2.35. The molecule has 12 aromatic rings. The fourth-order valence-corrected chi connectivity index (χ4v) is 10.7. The predicted molar refractivity (Wildman–Crippen MR) is 265 cm³/mol. The van der Waals surface area contributed by atoms with Gasteiger partial charge in [-0.1, -0.05) is 176 Å². The molecular formula is C61H40N2O. The van der Waals surface area contributed by atoms with Crippen molar-refractivity contribution in [3.63, 3.8) is 0 Å². The van der Waals surface area contributed by atoms with E-state index in [2.05, 4.69) is 246 Å². The Morgan fingerprint density at radius 1 is 0.375 bits per heavy atom. The minimum Gasteiger partial charge on any atom is -0.456 e. The van der Waals surface area contributed by atoms with Gasteiger partial charge in [-0.3, -0.25) is 0 Å². The monoisotopic (exact) mass is 816 g/mol.